The predicted molar refractivity (Wildman–Crippen MR) is 85.0 cm³/mol. The van der Waals surface area contributed by atoms with Gasteiger partial charge < -0.3 is 9.64 Å². The van der Waals surface area contributed by atoms with Gasteiger partial charge in [-0.1, -0.05) is 19.1 Å². The van der Waals surface area contributed by atoms with Crippen LogP contribution in [0.15, 0.2) is 30.5 Å². The standard InChI is InChI=1S/C17H19F2N3O2/c1-4-15-14(9-20-11(2)21-15)16(23)22(3)10-12-6-5-7-13(8-12)24-17(18)19/h5-9,17H,4,10H2,1-3H3. The van der Waals surface area contributed by atoms with Gasteiger partial charge in [0.1, 0.15) is 11.6 Å². The van der Waals surface area contributed by atoms with Crippen molar-refractivity contribution in [2.24, 2.45) is 0 Å². The van der Waals surface area contributed by atoms with Crippen LogP contribution in [0.1, 0.15) is 34.4 Å². The molecule has 24 heavy (non-hydrogen) atoms. The number of hydrogen-bond acceptors (Lipinski definition) is 4. The summed E-state index contributed by atoms with van der Waals surface area (Å²) in [7, 11) is 1.64. The van der Waals surface area contributed by atoms with Crippen LogP contribution in [0.3, 0.4) is 0 Å². The van der Waals surface area contributed by atoms with E-state index in [-0.39, 0.29) is 18.2 Å². The van der Waals surface area contributed by atoms with E-state index in [1.165, 1.54) is 23.2 Å². The Hall–Kier alpha value is -2.57. The van der Waals surface area contributed by atoms with Crippen molar-refractivity contribution in [3.8, 4) is 5.75 Å². The molecule has 0 bridgehead atoms. The topological polar surface area (TPSA) is 55.3 Å². The molecule has 0 unspecified atom stereocenters. The normalized spacial score (nSPS) is 10.8. The minimum Gasteiger partial charge on any atom is -0.435 e. The molecule has 0 atom stereocenters. The van der Waals surface area contributed by atoms with Gasteiger partial charge in [-0.15, -0.1) is 0 Å². The highest BCUT2D eigenvalue weighted by atomic mass is 19.3. The number of carbonyl (C=O) groups excluding carboxylic acids is 1. The fraction of sp³-hybridized carbons (Fsp3) is 0.353. The van der Waals surface area contributed by atoms with E-state index in [1.54, 1.807) is 26.1 Å². The Kier molecular flexibility index (Phi) is 5.78. The van der Waals surface area contributed by atoms with Gasteiger partial charge in [-0.3, -0.25) is 4.79 Å². The van der Waals surface area contributed by atoms with Crippen LogP contribution in [0, 0.1) is 6.92 Å². The molecular weight excluding hydrogens is 316 g/mol. The van der Waals surface area contributed by atoms with Crippen molar-refractivity contribution < 1.29 is 18.3 Å². The average Bonchev–Trinajstić information content (AvgIpc) is 2.53. The highest BCUT2D eigenvalue weighted by Crippen LogP contribution is 2.18. The molecule has 1 aromatic carbocycles. The minimum absolute atomic E-state index is 0.0660. The monoisotopic (exact) mass is 335 g/mol. The molecule has 2 rings (SSSR count). The first-order valence-electron chi connectivity index (χ1n) is 7.52. The van der Waals surface area contributed by atoms with Crippen molar-refractivity contribution in [1.82, 2.24) is 14.9 Å². The van der Waals surface area contributed by atoms with Gasteiger partial charge in [0.05, 0.1) is 11.3 Å². The molecule has 0 spiro atoms. The number of rotatable bonds is 6. The summed E-state index contributed by atoms with van der Waals surface area (Å²) in [5, 5.41) is 0. The lowest BCUT2D eigenvalue weighted by molar-refractivity contribution is -0.0499. The van der Waals surface area contributed by atoms with Crippen LogP contribution >= 0.6 is 0 Å². The number of aromatic nitrogens is 2. The highest BCUT2D eigenvalue weighted by Gasteiger charge is 2.17. The van der Waals surface area contributed by atoms with E-state index in [9.17, 15) is 13.6 Å². The largest absolute Gasteiger partial charge is 0.435 e. The molecular formula is C17H19F2N3O2. The molecule has 0 radical (unpaired) electrons. The smallest absolute Gasteiger partial charge is 0.387 e. The second kappa shape index (κ2) is 7.81. The number of benzene rings is 1. The van der Waals surface area contributed by atoms with E-state index in [0.717, 1.165) is 0 Å². The van der Waals surface area contributed by atoms with Crippen LogP contribution in [-0.2, 0) is 13.0 Å². The summed E-state index contributed by atoms with van der Waals surface area (Å²) in [5.74, 6) is 0.464. The zero-order valence-corrected chi connectivity index (χ0v) is 13.8. The van der Waals surface area contributed by atoms with Gasteiger partial charge >= 0.3 is 6.61 Å². The zero-order chi connectivity index (χ0) is 17.7. The lowest BCUT2D eigenvalue weighted by Gasteiger charge is -2.19. The summed E-state index contributed by atoms with van der Waals surface area (Å²) in [6.45, 7) is 1.07. The molecule has 0 aliphatic heterocycles. The van der Waals surface area contributed by atoms with Gasteiger partial charge in [-0.2, -0.15) is 8.78 Å². The quantitative estimate of drug-likeness (QED) is 0.813. The number of halogens is 2. The Morgan fingerprint density at radius 3 is 2.79 bits per heavy atom. The molecule has 0 saturated carbocycles. The fourth-order valence-electron chi connectivity index (χ4n) is 2.34. The van der Waals surface area contributed by atoms with Gasteiger partial charge in [-0.25, -0.2) is 9.97 Å². The van der Waals surface area contributed by atoms with Gasteiger partial charge in [0.15, 0.2) is 0 Å². The molecule has 128 valence electrons. The van der Waals surface area contributed by atoms with Crippen molar-refractivity contribution in [2.75, 3.05) is 7.05 Å². The number of carbonyl (C=O) groups is 1. The number of nitrogens with zero attached hydrogens (tertiary/aromatic N) is 3. The van der Waals surface area contributed by atoms with Gasteiger partial charge in [0, 0.05) is 19.8 Å². The number of alkyl halides is 2. The second-order valence-corrected chi connectivity index (χ2v) is 5.32. The number of amides is 1. The van der Waals surface area contributed by atoms with E-state index in [4.69, 9.17) is 0 Å². The van der Waals surface area contributed by atoms with E-state index >= 15 is 0 Å². The maximum atomic E-state index is 12.6. The number of ether oxygens (including phenoxy) is 1. The molecule has 0 N–H and O–H groups in total. The van der Waals surface area contributed by atoms with Crippen molar-refractivity contribution in [1.29, 1.82) is 0 Å². The van der Waals surface area contributed by atoms with E-state index < -0.39 is 6.61 Å². The summed E-state index contributed by atoms with van der Waals surface area (Å²) >= 11 is 0. The van der Waals surface area contributed by atoms with Crippen molar-refractivity contribution in [2.45, 2.75) is 33.4 Å². The lowest BCUT2D eigenvalue weighted by atomic mass is 10.1. The lowest BCUT2D eigenvalue weighted by Crippen LogP contribution is -2.27. The van der Waals surface area contributed by atoms with Gasteiger partial charge in [0.2, 0.25) is 0 Å². The Bertz CT molecular complexity index is 723. The van der Waals surface area contributed by atoms with Crippen LogP contribution in [0.4, 0.5) is 8.78 Å². The zero-order valence-electron chi connectivity index (χ0n) is 13.8. The maximum Gasteiger partial charge on any atom is 0.387 e. The van der Waals surface area contributed by atoms with Gasteiger partial charge in [0.25, 0.3) is 5.91 Å². The second-order valence-electron chi connectivity index (χ2n) is 5.32. The van der Waals surface area contributed by atoms with Gasteiger partial charge in [-0.05, 0) is 31.0 Å². The molecule has 1 aromatic heterocycles. The van der Waals surface area contributed by atoms with Crippen LogP contribution < -0.4 is 4.74 Å². The molecule has 7 heteroatoms. The number of hydrogen-bond donors (Lipinski definition) is 0. The van der Waals surface area contributed by atoms with E-state index in [0.29, 0.717) is 29.1 Å². The highest BCUT2D eigenvalue weighted by molar-refractivity contribution is 5.94. The molecule has 0 aliphatic carbocycles. The van der Waals surface area contributed by atoms with Crippen LogP contribution in [-0.4, -0.2) is 34.4 Å². The molecule has 2 aromatic rings. The van der Waals surface area contributed by atoms with Crippen LogP contribution in [0.2, 0.25) is 0 Å². The first kappa shape index (κ1) is 17.8. The van der Waals surface area contributed by atoms with Crippen molar-refractivity contribution in [3.63, 3.8) is 0 Å². The molecule has 5 nitrogen and oxygen atoms in total. The third-order valence-electron chi connectivity index (χ3n) is 3.44. The minimum atomic E-state index is -2.88. The molecule has 1 heterocycles. The number of aryl methyl sites for hydroxylation is 2. The molecule has 0 aliphatic rings. The van der Waals surface area contributed by atoms with Crippen LogP contribution in [0.25, 0.3) is 0 Å². The summed E-state index contributed by atoms with van der Waals surface area (Å²) in [4.78, 5) is 22.5. The van der Waals surface area contributed by atoms with E-state index in [2.05, 4.69) is 14.7 Å². The fourth-order valence-corrected chi connectivity index (χ4v) is 2.34. The summed E-state index contributed by atoms with van der Waals surface area (Å²) in [5.41, 5.74) is 1.83. The predicted octanol–water partition coefficient (Wildman–Crippen LogP) is 3.22. The first-order chi connectivity index (χ1) is 11.4. The first-order valence-corrected chi connectivity index (χ1v) is 7.52. The SMILES string of the molecule is CCc1nc(C)ncc1C(=O)N(C)Cc1cccc(OC(F)F)c1. The van der Waals surface area contributed by atoms with Crippen LogP contribution in [0.5, 0.6) is 5.75 Å². The third-order valence-corrected chi connectivity index (χ3v) is 3.44. The Balaban J connectivity index is 2.15. The van der Waals surface area contributed by atoms with E-state index in [1.807, 2.05) is 6.92 Å². The third kappa shape index (κ3) is 4.47. The maximum absolute atomic E-state index is 12.6. The average molecular weight is 335 g/mol. The summed E-state index contributed by atoms with van der Waals surface area (Å²) < 4.78 is 28.9. The Morgan fingerprint density at radius 2 is 2.12 bits per heavy atom. The molecule has 1 amide bonds. The summed E-state index contributed by atoms with van der Waals surface area (Å²) in [6.07, 6.45) is 2.15. The van der Waals surface area contributed by atoms with Crippen molar-refractivity contribution >= 4 is 5.91 Å². The molecule has 0 saturated heterocycles. The molecule has 0 fully saturated rings. The Morgan fingerprint density at radius 1 is 1.38 bits per heavy atom. The van der Waals surface area contributed by atoms with Crippen molar-refractivity contribution in [3.05, 3.63) is 53.1 Å². The summed E-state index contributed by atoms with van der Waals surface area (Å²) in [6, 6.07) is 6.29. The Labute approximate surface area is 139 Å².